The van der Waals surface area contributed by atoms with Crippen LogP contribution in [-0.4, -0.2) is 12.9 Å². The van der Waals surface area contributed by atoms with Crippen LogP contribution in [0.25, 0.3) is 0 Å². The molecule has 1 rings (SSSR count). The molecule has 0 fully saturated rings. The van der Waals surface area contributed by atoms with Gasteiger partial charge in [0.25, 0.3) is 0 Å². The lowest BCUT2D eigenvalue weighted by molar-refractivity contribution is -0.125. The Balaban J connectivity index is 3.11. The fraction of sp³-hybridized carbons (Fsp3) is 0.727. The zero-order valence-electron chi connectivity index (χ0n) is 9.10. The van der Waals surface area contributed by atoms with Gasteiger partial charge in [-0.1, -0.05) is 20.8 Å². The first-order valence-corrected chi connectivity index (χ1v) is 4.69. The van der Waals surface area contributed by atoms with Gasteiger partial charge in [0.1, 0.15) is 5.76 Å². The largest absolute Gasteiger partial charge is 0.500 e. The molecule has 2 nitrogen and oxygen atoms in total. The van der Waals surface area contributed by atoms with E-state index in [1.165, 1.54) is 0 Å². The van der Waals surface area contributed by atoms with E-state index >= 15 is 0 Å². The first-order chi connectivity index (χ1) is 5.90. The van der Waals surface area contributed by atoms with Crippen LogP contribution in [-0.2, 0) is 9.53 Å². The molecule has 0 aromatic rings. The van der Waals surface area contributed by atoms with Gasteiger partial charge >= 0.3 is 0 Å². The van der Waals surface area contributed by atoms with Gasteiger partial charge in [-0.3, -0.25) is 4.79 Å². The van der Waals surface area contributed by atoms with Crippen LogP contribution >= 0.6 is 0 Å². The van der Waals surface area contributed by atoms with Crippen molar-refractivity contribution in [3.8, 4) is 0 Å². The number of ketones is 1. The Labute approximate surface area is 80.0 Å². The number of Topliss-reactive ketones (excluding diaryl/α,β-unsaturated/α-hetero) is 1. The molecule has 0 heterocycles. The van der Waals surface area contributed by atoms with Crippen LogP contribution in [0.4, 0.5) is 0 Å². The lowest BCUT2D eigenvalue weighted by atomic mass is 9.72. The Morgan fingerprint density at radius 3 is 2.46 bits per heavy atom. The van der Waals surface area contributed by atoms with Crippen LogP contribution in [0, 0.1) is 11.3 Å². The molecule has 0 saturated carbocycles. The molecule has 2 heteroatoms. The highest BCUT2D eigenvalue weighted by Crippen LogP contribution is 2.39. The molecule has 0 N–H and O–H groups in total. The second-order valence-electron chi connectivity index (χ2n) is 4.51. The molecule has 1 aliphatic rings. The van der Waals surface area contributed by atoms with Gasteiger partial charge in [0.15, 0.2) is 5.78 Å². The van der Waals surface area contributed by atoms with Crippen LogP contribution < -0.4 is 0 Å². The van der Waals surface area contributed by atoms with Crippen molar-refractivity contribution < 1.29 is 9.53 Å². The summed E-state index contributed by atoms with van der Waals surface area (Å²) in [4.78, 5) is 11.8. The van der Waals surface area contributed by atoms with Crippen LogP contribution in [0.3, 0.4) is 0 Å². The Bertz CT molecular complexity index is 261. The summed E-state index contributed by atoms with van der Waals surface area (Å²) in [5, 5.41) is 0. The standard InChI is InChI=1S/C11H18O2/c1-7-6-11(3,4)10(12)8(2)9(7)13-5/h7H,6H2,1-5H3. The first-order valence-electron chi connectivity index (χ1n) is 4.69. The molecule has 0 aliphatic heterocycles. The van der Waals surface area contributed by atoms with Crippen molar-refractivity contribution >= 4 is 5.78 Å². The van der Waals surface area contributed by atoms with Crippen LogP contribution in [0.1, 0.15) is 34.1 Å². The molecule has 0 saturated heterocycles. The van der Waals surface area contributed by atoms with Crippen molar-refractivity contribution in [2.24, 2.45) is 11.3 Å². The maximum atomic E-state index is 11.8. The zero-order chi connectivity index (χ0) is 10.2. The Morgan fingerprint density at radius 1 is 1.46 bits per heavy atom. The van der Waals surface area contributed by atoms with E-state index in [9.17, 15) is 4.79 Å². The normalized spacial score (nSPS) is 27.8. The van der Waals surface area contributed by atoms with Crippen molar-refractivity contribution in [3.63, 3.8) is 0 Å². The molecular formula is C11H18O2. The second-order valence-corrected chi connectivity index (χ2v) is 4.51. The van der Waals surface area contributed by atoms with E-state index in [2.05, 4.69) is 6.92 Å². The molecule has 74 valence electrons. The average molecular weight is 182 g/mol. The number of allylic oxidation sites excluding steroid dienone is 2. The second kappa shape index (κ2) is 3.17. The highest BCUT2D eigenvalue weighted by Gasteiger charge is 2.38. The lowest BCUT2D eigenvalue weighted by Gasteiger charge is -2.33. The maximum absolute atomic E-state index is 11.8. The first kappa shape index (κ1) is 10.3. The van der Waals surface area contributed by atoms with Gasteiger partial charge in [-0.2, -0.15) is 0 Å². The summed E-state index contributed by atoms with van der Waals surface area (Å²) in [6.45, 7) is 7.97. The monoisotopic (exact) mass is 182 g/mol. The topological polar surface area (TPSA) is 26.3 Å². The number of rotatable bonds is 1. The number of methoxy groups -OCH3 is 1. The van der Waals surface area contributed by atoms with E-state index in [4.69, 9.17) is 4.74 Å². The summed E-state index contributed by atoms with van der Waals surface area (Å²) in [6.07, 6.45) is 0.881. The van der Waals surface area contributed by atoms with E-state index in [1.807, 2.05) is 20.8 Å². The summed E-state index contributed by atoms with van der Waals surface area (Å²) < 4.78 is 5.24. The minimum atomic E-state index is -0.217. The average Bonchev–Trinajstić information content (AvgIpc) is 2.01. The number of hydrogen-bond acceptors (Lipinski definition) is 2. The molecule has 0 spiro atoms. The third kappa shape index (κ3) is 1.62. The van der Waals surface area contributed by atoms with Crippen LogP contribution in [0.5, 0.6) is 0 Å². The third-order valence-electron chi connectivity index (χ3n) is 2.81. The third-order valence-corrected chi connectivity index (χ3v) is 2.81. The smallest absolute Gasteiger partial charge is 0.167 e. The van der Waals surface area contributed by atoms with E-state index in [0.717, 1.165) is 17.8 Å². The highest BCUT2D eigenvalue weighted by molar-refractivity contribution is 6.00. The van der Waals surface area contributed by atoms with Crippen LogP contribution in [0.2, 0.25) is 0 Å². The quantitative estimate of drug-likeness (QED) is 0.623. The van der Waals surface area contributed by atoms with E-state index < -0.39 is 0 Å². The number of carbonyl (C=O) groups is 1. The van der Waals surface area contributed by atoms with Crippen molar-refractivity contribution in [1.29, 1.82) is 0 Å². The number of carbonyl (C=O) groups excluding carboxylic acids is 1. The van der Waals surface area contributed by atoms with Gasteiger partial charge in [-0.05, 0) is 13.3 Å². The minimum absolute atomic E-state index is 0.217. The molecule has 1 aliphatic carbocycles. The van der Waals surface area contributed by atoms with Gasteiger partial charge in [0.05, 0.1) is 7.11 Å². The zero-order valence-corrected chi connectivity index (χ0v) is 9.10. The Hall–Kier alpha value is -0.790. The van der Waals surface area contributed by atoms with Gasteiger partial charge in [0.2, 0.25) is 0 Å². The SMILES string of the molecule is COC1=C(C)C(=O)C(C)(C)CC1C. The molecule has 0 bridgehead atoms. The van der Waals surface area contributed by atoms with Crippen molar-refractivity contribution in [3.05, 3.63) is 11.3 Å². The number of ether oxygens (including phenoxy) is 1. The van der Waals surface area contributed by atoms with Gasteiger partial charge in [0, 0.05) is 16.9 Å². The summed E-state index contributed by atoms with van der Waals surface area (Å²) in [5.74, 6) is 1.45. The minimum Gasteiger partial charge on any atom is -0.500 e. The summed E-state index contributed by atoms with van der Waals surface area (Å²) in [7, 11) is 1.64. The summed E-state index contributed by atoms with van der Waals surface area (Å²) in [5.41, 5.74) is 0.581. The van der Waals surface area contributed by atoms with Crippen molar-refractivity contribution in [1.82, 2.24) is 0 Å². The summed E-state index contributed by atoms with van der Waals surface area (Å²) >= 11 is 0. The van der Waals surface area contributed by atoms with E-state index in [-0.39, 0.29) is 11.2 Å². The molecular weight excluding hydrogens is 164 g/mol. The lowest BCUT2D eigenvalue weighted by Crippen LogP contribution is -2.33. The molecule has 0 aromatic heterocycles. The van der Waals surface area contributed by atoms with Crippen molar-refractivity contribution in [2.45, 2.75) is 34.1 Å². The Morgan fingerprint density at radius 2 is 2.00 bits per heavy atom. The molecule has 1 atom stereocenters. The predicted molar refractivity (Wildman–Crippen MR) is 52.3 cm³/mol. The molecule has 13 heavy (non-hydrogen) atoms. The molecule has 0 radical (unpaired) electrons. The van der Waals surface area contributed by atoms with Gasteiger partial charge in [-0.25, -0.2) is 0 Å². The maximum Gasteiger partial charge on any atom is 0.167 e. The van der Waals surface area contributed by atoms with E-state index in [0.29, 0.717) is 5.92 Å². The summed E-state index contributed by atoms with van der Waals surface area (Å²) in [6, 6.07) is 0. The highest BCUT2D eigenvalue weighted by atomic mass is 16.5. The molecule has 1 unspecified atom stereocenters. The fourth-order valence-corrected chi connectivity index (χ4v) is 2.29. The fourth-order valence-electron chi connectivity index (χ4n) is 2.29. The van der Waals surface area contributed by atoms with Gasteiger partial charge in [-0.15, -0.1) is 0 Å². The van der Waals surface area contributed by atoms with Gasteiger partial charge < -0.3 is 4.74 Å². The van der Waals surface area contributed by atoms with E-state index in [1.54, 1.807) is 7.11 Å². The van der Waals surface area contributed by atoms with Crippen LogP contribution in [0.15, 0.2) is 11.3 Å². The predicted octanol–water partition coefficient (Wildman–Crippen LogP) is 2.54. The van der Waals surface area contributed by atoms with Crippen molar-refractivity contribution in [2.75, 3.05) is 7.11 Å². The Kier molecular flexibility index (Phi) is 2.51. The molecule has 0 aromatic carbocycles. The molecule has 0 amide bonds. The number of hydrogen-bond donors (Lipinski definition) is 0.